The topological polar surface area (TPSA) is 26.3 Å². The van der Waals surface area contributed by atoms with Crippen LogP contribution in [0.5, 0.6) is 0 Å². The van der Waals surface area contributed by atoms with Gasteiger partial charge in [0.15, 0.2) is 0 Å². The van der Waals surface area contributed by atoms with Crippen LogP contribution in [-0.2, 0) is 17.6 Å². The lowest BCUT2D eigenvalue weighted by atomic mass is 9.93. The molecule has 0 aliphatic heterocycles. The van der Waals surface area contributed by atoms with E-state index in [2.05, 4.69) is 26.0 Å². The first-order valence-corrected chi connectivity index (χ1v) is 8.43. The number of carbonyl (C=O) groups is 1. The van der Waals surface area contributed by atoms with Crippen LogP contribution >= 0.6 is 0 Å². The quantitative estimate of drug-likeness (QED) is 0.656. The summed E-state index contributed by atoms with van der Waals surface area (Å²) in [6, 6.07) is 18.0. The van der Waals surface area contributed by atoms with E-state index in [-0.39, 0.29) is 5.97 Å². The maximum Gasteiger partial charge on any atom is 0.338 e. The SMILES string of the molecule is CCc1ccccc1C(=O)OC(C)(CC)CCc1ccccc1. The van der Waals surface area contributed by atoms with Gasteiger partial charge in [0.1, 0.15) is 5.60 Å². The van der Waals surface area contributed by atoms with E-state index >= 15 is 0 Å². The predicted molar refractivity (Wildman–Crippen MR) is 94.7 cm³/mol. The van der Waals surface area contributed by atoms with Gasteiger partial charge in [-0.25, -0.2) is 4.79 Å². The third-order valence-corrected chi connectivity index (χ3v) is 4.49. The van der Waals surface area contributed by atoms with Crippen molar-refractivity contribution >= 4 is 5.97 Å². The summed E-state index contributed by atoms with van der Waals surface area (Å²) in [6.45, 7) is 6.16. The zero-order chi connectivity index (χ0) is 16.7. The lowest BCUT2D eigenvalue weighted by Crippen LogP contribution is -2.32. The molecule has 1 unspecified atom stereocenters. The largest absolute Gasteiger partial charge is 0.456 e. The minimum absolute atomic E-state index is 0.208. The number of rotatable bonds is 7. The molecular weight excluding hydrogens is 284 g/mol. The monoisotopic (exact) mass is 310 g/mol. The molecule has 122 valence electrons. The summed E-state index contributed by atoms with van der Waals surface area (Å²) >= 11 is 0. The van der Waals surface area contributed by atoms with Crippen LogP contribution in [0.2, 0.25) is 0 Å². The molecule has 0 amide bonds. The van der Waals surface area contributed by atoms with Crippen molar-refractivity contribution in [1.29, 1.82) is 0 Å². The summed E-state index contributed by atoms with van der Waals surface area (Å²) in [5, 5.41) is 0. The molecule has 2 rings (SSSR count). The molecule has 0 spiro atoms. The van der Waals surface area contributed by atoms with Gasteiger partial charge in [-0.05, 0) is 49.8 Å². The number of benzene rings is 2. The van der Waals surface area contributed by atoms with E-state index < -0.39 is 5.60 Å². The van der Waals surface area contributed by atoms with Crippen LogP contribution in [0.15, 0.2) is 54.6 Å². The van der Waals surface area contributed by atoms with Gasteiger partial charge in [0, 0.05) is 0 Å². The van der Waals surface area contributed by atoms with Gasteiger partial charge in [0.05, 0.1) is 5.56 Å². The Balaban J connectivity index is 2.06. The van der Waals surface area contributed by atoms with Crippen molar-refractivity contribution in [2.75, 3.05) is 0 Å². The van der Waals surface area contributed by atoms with E-state index in [1.165, 1.54) is 5.56 Å². The number of esters is 1. The summed E-state index contributed by atoms with van der Waals surface area (Å²) in [6.07, 6.45) is 3.37. The highest BCUT2D eigenvalue weighted by atomic mass is 16.6. The molecule has 0 saturated heterocycles. The van der Waals surface area contributed by atoms with Crippen LogP contribution in [0.1, 0.15) is 55.1 Å². The van der Waals surface area contributed by atoms with Crippen molar-refractivity contribution < 1.29 is 9.53 Å². The van der Waals surface area contributed by atoms with Gasteiger partial charge in [0.2, 0.25) is 0 Å². The molecule has 0 N–H and O–H groups in total. The molecule has 23 heavy (non-hydrogen) atoms. The third kappa shape index (κ3) is 4.69. The lowest BCUT2D eigenvalue weighted by Gasteiger charge is -2.29. The Morgan fingerprint density at radius 1 is 1.00 bits per heavy atom. The maximum absolute atomic E-state index is 12.6. The molecule has 0 radical (unpaired) electrons. The van der Waals surface area contributed by atoms with Crippen molar-refractivity contribution in [1.82, 2.24) is 0 Å². The number of hydrogen-bond acceptors (Lipinski definition) is 2. The van der Waals surface area contributed by atoms with E-state index in [1.54, 1.807) is 0 Å². The second-order valence-corrected chi connectivity index (χ2v) is 6.19. The van der Waals surface area contributed by atoms with Crippen LogP contribution in [0.4, 0.5) is 0 Å². The first-order valence-electron chi connectivity index (χ1n) is 8.43. The van der Waals surface area contributed by atoms with Crippen molar-refractivity contribution in [3.8, 4) is 0 Å². The fourth-order valence-electron chi connectivity index (χ4n) is 2.66. The van der Waals surface area contributed by atoms with Gasteiger partial charge in [-0.1, -0.05) is 62.4 Å². The second-order valence-electron chi connectivity index (χ2n) is 6.19. The number of hydrogen-bond donors (Lipinski definition) is 0. The Bertz CT molecular complexity index is 633. The molecule has 2 aromatic rings. The van der Waals surface area contributed by atoms with Crippen molar-refractivity contribution in [2.45, 2.75) is 52.1 Å². The van der Waals surface area contributed by atoms with Gasteiger partial charge in [-0.2, -0.15) is 0 Å². The van der Waals surface area contributed by atoms with Gasteiger partial charge >= 0.3 is 5.97 Å². The van der Waals surface area contributed by atoms with Gasteiger partial charge < -0.3 is 4.74 Å². The summed E-state index contributed by atoms with van der Waals surface area (Å²) in [7, 11) is 0. The molecule has 2 nitrogen and oxygen atoms in total. The van der Waals surface area contributed by atoms with Crippen molar-refractivity contribution in [3.05, 3.63) is 71.3 Å². The van der Waals surface area contributed by atoms with Crippen molar-refractivity contribution in [2.24, 2.45) is 0 Å². The molecule has 1 atom stereocenters. The molecule has 0 heterocycles. The number of aryl methyl sites for hydroxylation is 2. The first-order chi connectivity index (χ1) is 11.1. The van der Waals surface area contributed by atoms with Gasteiger partial charge in [-0.15, -0.1) is 0 Å². The molecule has 0 bridgehead atoms. The predicted octanol–water partition coefficient (Wildman–Crippen LogP) is 5.21. The van der Waals surface area contributed by atoms with E-state index in [0.29, 0.717) is 5.56 Å². The Morgan fingerprint density at radius 3 is 2.30 bits per heavy atom. The zero-order valence-electron chi connectivity index (χ0n) is 14.3. The lowest BCUT2D eigenvalue weighted by molar-refractivity contribution is -0.0153. The standard InChI is InChI=1S/C21H26O2/c1-4-18-13-9-10-14-19(18)20(22)23-21(3,5-2)16-15-17-11-7-6-8-12-17/h6-14H,4-5,15-16H2,1-3H3. The average molecular weight is 310 g/mol. The fraction of sp³-hybridized carbons (Fsp3) is 0.381. The Labute approximate surface area is 139 Å². The Kier molecular flexibility index (Phi) is 5.97. The minimum atomic E-state index is -0.437. The molecule has 0 aliphatic carbocycles. The minimum Gasteiger partial charge on any atom is -0.456 e. The maximum atomic E-state index is 12.6. The van der Waals surface area contributed by atoms with Gasteiger partial charge in [0.25, 0.3) is 0 Å². The highest BCUT2D eigenvalue weighted by Crippen LogP contribution is 2.25. The zero-order valence-corrected chi connectivity index (χ0v) is 14.3. The number of carbonyl (C=O) groups excluding carboxylic acids is 1. The fourth-order valence-corrected chi connectivity index (χ4v) is 2.66. The highest BCUT2D eigenvalue weighted by molar-refractivity contribution is 5.91. The first kappa shape index (κ1) is 17.3. The van der Waals surface area contributed by atoms with Crippen LogP contribution < -0.4 is 0 Å². The van der Waals surface area contributed by atoms with E-state index in [1.807, 2.05) is 49.4 Å². The molecule has 0 aliphatic rings. The van der Waals surface area contributed by atoms with E-state index in [0.717, 1.165) is 31.2 Å². The Morgan fingerprint density at radius 2 is 1.65 bits per heavy atom. The van der Waals surface area contributed by atoms with Crippen molar-refractivity contribution in [3.63, 3.8) is 0 Å². The summed E-state index contributed by atoms with van der Waals surface area (Å²) < 4.78 is 5.90. The normalized spacial score (nSPS) is 13.3. The number of ether oxygens (including phenoxy) is 1. The van der Waals surface area contributed by atoms with Gasteiger partial charge in [-0.3, -0.25) is 0 Å². The summed E-state index contributed by atoms with van der Waals surface area (Å²) in [5.41, 5.74) is 2.57. The molecule has 0 fully saturated rings. The van der Waals surface area contributed by atoms with Crippen LogP contribution in [-0.4, -0.2) is 11.6 Å². The van der Waals surface area contributed by atoms with E-state index in [9.17, 15) is 4.79 Å². The molecule has 2 heteroatoms. The van der Waals surface area contributed by atoms with Crippen LogP contribution in [0, 0.1) is 0 Å². The molecule has 2 aromatic carbocycles. The second kappa shape index (κ2) is 7.96. The molecular formula is C21H26O2. The third-order valence-electron chi connectivity index (χ3n) is 4.49. The highest BCUT2D eigenvalue weighted by Gasteiger charge is 2.27. The average Bonchev–Trinajstić information content (AvgIpc) is 2.61. The van der Waals surface area contributed by atoms with Crippen LogP contribution in [0.3, 0.4) is 0 Å². The van der Waals surface area contributed by atoms with E-state index in [4.69, 9.17) is 4.74 Å². The molecule has 0 saturated carbocycles. The summed E-state index contributed by atoms with van der Waals surface area (Å²) in [4.78, 5) is 12.6. The summed E-state index contributed by atoms with van der Waals surface area (Å²) in [5.74, 6) is -0.208. The smallest absolute Gasteiger partial charge is 0.338 e. The Hall–Kier alpha value is -2.09. The van der Waals surface area contributed by atoms with Crippen LogP contribution in [0.25, 0.3) is 0 Å². The molecule has 0 aromatic heterocycles.